The van der Waals surface area contributed by atoms with Gasteiger partial charge in [-0.1, -0.05) is 28.9 Å². The number of amidine groups is 1. The summed E-state index contributed by atoms with van der Waals surface area (Å²) in [6.07, 6.45) is 2.00. The van der Waals surface area contributed by atoms with Crippen molar-refractivity contribution in [2.24, 2.45) is 10.9 Å². The number of benzene rings is 1. The third-order valence-electron chi connectivity index (χ3n) is 2.19. The molecule has 0 heterocycles. The van der Waals surface area contributed by atoms with E-state index in [1.165, 1.54) is 0 Å². The summed E-state index contributed by atoms with van der Waals surface area (Å²) in [7, 11) is 1.84. The zero-order valence-corrected chi connectivity index (χ0v) is 9.78. The molecule has 1 aromatic carbocycles. The quantitative estimate of drug-likeness (QED) is 0.316. The minimum Gasteiger partial charge on any atom is -0.409 e. The lowest BCUT2D eigenvalue weighted by Crippen LogP contribution is -2.15. The van der Waals surface area contributed by atoms with Crippen molar-refractivity contribution in [3.63, 3.8) is 0 Å². The fraction of sp³-hybridized carbons (Fsp3) is 0.250. The SMILES string of the molecule is CNc1cccc(/C(N)=N/O)c1C=C(C)C. The molecule has 1 aromatic rings. The minimum absolute atomic E-state index is 0.115. The molecule has 0 aliphatic carbocycles. The monoisotopic (exact) mass is 219 g/mol. The molecule has 0 bridgehead atoms. The highest BCUT2D eigenvalue weighted by molar-refractivity contribution is 6.02. The van der Waals surface area contributed by atoms with Gasteiger partial charge in [0.15, 0.2) is 5.84 Å². The maximum Gasteiger partial charge on any atom is 0.170 e. The van der Waals surface area contributed by atoms with Crippen molar-refractivity contribution in [1.29, 1.82) is 0 Å². The van der Waals surface area contributed by atoms with Gasteiger partial charge in [0.05, 0.1) is 0 Å². The van der Waals surface area contributed by atoms with Crippen LogP contribution in [0.1, 0.15) is 25.0 Å². The number of nitrogens with one attached hydrogen (secondary N) is 1. The van der Waals surface area contributed by atoms with E-state index < -0.39 is 0 Å². The van der Waals surface area contributed by atoms with Crippen LogP contribution in [0, 0.1) is 0 Å². The summed E-state index contributed by atoms with van der Waals surface area (Å²) in [5, 5.41) is 14.9. The molecule has 0 amide bonds. The average molecular weight is 219 g/mol. The first-order valence-corrected chi connectivity index (χ1v) is 5.03. The Bertz CT molecular complexity index is 432. The molecule has 4 nitrogen and oxygen atoms in total. The number of anilines is 1. The first kappa shape index (κ1) is 12.1. The van der Waals surface area contributed by atoms with E-state index in [1.807, 2.05) is 45.2 Å². The van der Waals surface area contributed by atoms with Gasteiger partial charge in [-0.15, -0.1) is 0 Å². The molecule has 0 saturated carbocycles. The van der Waals surface area contributed by atoms with E-state index in [0.717, 1.165) is 22.4 Å². The smallest absolute Gasteiger partial charge is 0.170 e. The van der Waals surface area contributed by atoms with Crippen LogP contribution in [0.4, 0.5) is 5.69 Å². The fourth-order valence-electron chi connectivity index (χ4n) is 1.50. The van der Waals surface area contributed by atoms with Gasteiger partial charge in [-0.2, -0.15) is 0 Å². The van der Waals surface area contributed by atoms with Crippen molar-refractivity contribution < 1.29 is 5.21 Å². The van der Waals surface area contributed by atoms with Gasteiger partial charge in [0.1, 0.15) is 0 Å². The normalized spacial score (nSPS) is 11.1. The topological polar surface area (TPSA) is 70.6 Å². The lowest BCUT2D eigenvalue weighted by molar-refractivity contribution is 0.318. The minimum atomic E-state index is 0.115. The molecule has 0 fully saturated rings. The van der Waals surface area contributed by atoms with Crippen LogP contribution in [0.2, 0.25) is 0 Å². The van der Waals surface area contributed by atoms with Crippen LogP contribution in [0.25, 0.3) is 6.08 Å². The summed E-state index contributed by atoms with van der Waals surface area (Å²) < 4.78 is 0. The zero-order chi connectivity index (χ0) is 12.1. The zero-order valence-electron chi connectivity index (χ0n) is 9.78. The summed E-state index contributed by atoms with van der Waals surface area (Å²) in [6, 6.07) is 5.63. The van der Waals surface area contributed by atoms with Gasteiger partial charge in [0, 0.05) is 23.9 Å². The van der Waals surface area contributed by atoms with E-state index in [0.29, 0.717) is 0 Å². The Hall–Kier alpha value is -1.97. The summed E-state index contributed by atoms with van der Waals surface area (Å²) >= 11 is 0. The maximum absolute atomic E-state index is 8.73. The van der Waals surface area contributed by atoms with Gasteiger partial charge in [-0.05, 0) is 19.9 Å². The molecule has 0 unspecified atom stereocenters. The van der Waals surface area contributed by atoms with Gasteiger partial charge in [0.2, 0.25) is 0 Å². The Labute approximate surface area is 95.5 Å². The maximum atomic E-state index is 8.73. The number of nitrogens with zero attached hydrogens (tertiary/aromatic N) is 1. The first-order chi connectivity index (χ1) is 7.60. The van der Waals surface area contributed by atoms with Crippen molar-refractivity contribution in [2.45, 2.75) is 13.8 Å². The number of rotatable bonds is 3. The largest absolute Gasteiger partial charge is 0.409 e. The Kier molecular flexibility index (Phi) is 3.94. The molecule has 0 aliphatic heterocycles. The second kappa shape index (κ2) is 5.21. The fourth-order valence-corrected chi connectivity index (χ4v) is 1.50. The highest BCUT2D eigenvalue weighted by Gasteiger charge is 2.08. The van der Waals surface area contributed by atoms with Gasteiger partial charge in [0.25, 0.3) is 0 Å². The molecule has 0 spiro atoms. The van der Waals surface area contributed by atoms with Gasteiger partial charge in [-0.3, -0.25) is 0 Å². The number of nitrogens with two attached hydrogens (primary N) is 1. The summed E-state index contributed by atoms with van der Waals surface area (Å²) in [6.45, 7) is 4.00. The summed E-state index contributed by atoms with van der Waals surface area (Å²) in [5.41, 5.74) is 9.38. The number of hydrogen-bond donors (Lipinski definition) is 3. The Morgan fingerprint density at radius 2 is 2.12 bits per heavy atom. The molecule has 16 heavy (non-hydrogen) atoms. The molecule has 4 heteroatoms. The first-order valence-electron chi connectivity index (χ1n) is 5.03. The predicted octanol–water partition coefficient (Wildman–Crippen LogP) is 2.25. The molecule has 0 aromatic heterocycles. The van der Waals surface area contributed by atoms with Crippen LogP contribution in [0.5, 0.6) is 0 Å². The van der Waals surface area contributed by atoms with Crippen molar-refractivity contribution >= 4 is 17.6 Å². The Morgan fingerprint density at radius 1 is 1.44 bits per heavy atom. The molecule has 0 saturated heterocycles. The van der Waals surface area contributed by atoms with Gasteiger partial charge < -0.3 is 16.3 Å². The lowest BCUT2D eigenvalue weighted by atomic mass is 10.0. The van der Waals surface area contributed by atoms with E-state index in [2.05, 4.69) is 10.5 Å². The number of hydrogen-bond acceptors (Lipinski definition) is 3. The third-order valence-corrected chi connectivity index (χ3v) is 2.19. The second-order valence-electron chi connectivity index (χ2n) is 3.72. The van der Waals surface area contributed by atoms with Crippen LogP contribution < -0.4 is 11.1 Å². The molecular weight excluding hydrogens is 202 g/mol. The lowest BCUT2D eigenvalue weighted by Gasteiger charge is -2.11. The predicted molar refractivity (Wildman–Crippen MR) is 67.8 cm³/mol. The summed E-state index contributed by atoms with van der Waals surface area (Å²) in [4.78, 5) is 0. The molecule has 1 rings (SSSR count). The van der Waals surface area contributed by atoms with Crippen molar-refractivity contribution in [2.75, 3.05) is 12.4 Å². The molecule has 86 valence electrons. The van der Waals surface area contributed by atoms with E-state index in [-0.39, 0.29) is 5.84 Å². The van der Waals surface area contributed by atoms with Crippen molar-refractivity contribution in [1.82, 2.24) is 0 Å². The average Bonchev–Trinajstić information content (AvgIpc) is 2.27. The highest BCUT2D eigenvalue weighted by atomic mass is 16.4. The Morgan fingerprint density at radius 3 is 2.62 bits per heavy atom. The number of allylic oxidation sites excluding steroid dienone is 1. The third kappa shape index (κ3) is 2.53. The molecule has 0 radical (unpaired) electrons. The van der Waals surface area contributed by atoms with Gasteiger partial charge in [-0.25, -0.2) is 0 Å². The summed E-state index contributed by atoms with van der Waals surface area (Å²) in [5.74, 6) is 0.115. The second-order valence-corrected chi connectivity index (χ2v) is 3.72. The van der Waals surface area contributed by atoms with E-state index in [9.17, 15) is 0 Å². The molecular formula is C12H17N3O. The number of oxime groups is 1. The van der Waals surface area contributed by atoms with E-state index >= 15 is 0 Å². The molecule has 0 atom stereocenters. The Balaban J connectivity index is 3.43. The van der Waals surface area contributed by atoms with E-state index in [1.54, 1.807) is 0 Å². The van der Waals surface area contributed by atoms with Crippen LogP contribution in [-0.2, 0) is 0 Å². The van der Waals surface area contributed by atoms with Crippen molar-refractivity contribution in [3.05, 3.63) is 34.9 Å². The van der Waals surface area contributed by atoms with E-state index in [4.69, 9.17) is 10.9 Å². The highest BCUT2D eigenvalue weighted by Crippen LogP contribution is 2.22. The standard InChI is InChI=1S/C12H17N3O/c1-8(2)7-10-9(12(13)15-16)5-4-6-11(10)14-3/h4-7,14,16H,1-3H3,(H2,13,15). The van der Waals surface area contributed by atoms with Crippen LogP contribution in [-0.4, -0.2) is 18.1 Å². The molecule has 4 N–H and O–H groups in total. The van der Waals surface area contributed by atoms with Crippen molar-refractivity contribution in [3.8, 4) is 0 Å². The van der Waals surface area contributed by atoms with Gasteiger partial charge >= 0.3 is 0 Å². The van der Waals surface area contributed by atoms with Crippen LogP contribution >= 0.6 is 0 Å². The molecule has 0 aliphatic rings. The van der Waals surface area contributed by atoms with Crippen LogP contribution in [0.15, 0.2) is 28.9 Å². The van der Waals surface area contributed by atoms with Crippen LogP contribution in [0.3, 0.4) is 0 Å².